The van der Waals surface area contributed by atoms with Gasteiger partial charge in [0.05, 0.1) is 11.0 Å². The Bertz CT molecular complexity index is 3800. The van der Waals surface area contributed by atoms with E-state index < -0.39 is 0 Å². The highest BCUT2D eigenvalue weighted by molar-refractivity contribution is 6.14. The zero-order chi connectivity index (χ0) is 52.0. The highest BCUT2D eigenvalue weighted by Gasteiger charge is 2.60. The molecule has 388 valence electrons. The maximum atomic E-state index is 6.63. The summed E-state index contributed by atoms with van der Waals surface area (Å²) in [6.45, 7) is 12.9. The number of furan rings is 1. The number of benzene rings is 7. The average Bonchev–Trinajstić information content (AvgIpc) is 4.35. The lowest BCUT2D eigenvalue weighted by atomic mass is 9.43. The molecule has 0 amide bonds. The summed E-state index contributed by atoms with van der Waals surface area (Å²) in [5.41, 5.74) is 12.9. The fourth-order valence-corrected chi connectivity index (χ4v) is 17.0. The van der Waals surface area contributed by atoms with Crippen molar-refractivity contribution in [2.24, 2.45) is 52.3 Å². The van der Waals surface area contributed by atoms with Gasteiger partial charge in [0, 0.05) is 43.9 Å². The Morgan fingerprint density at radius 2 is 1.19 bits per heavy atom. The van der Waals surface area contributed by atoms with Crippen LogP contribution < -0.4 is 0 Å². The lowest BCUT2D eigenvalue weighted by Gasteiger charge is -2.61. The molecule has 5 heteroatoms. The fraction of sp³-hybridized carbons (Fsp3) is 0.375. The molecule has 0 saturated heterocycles. The Hall–Kier alpha value is -6.85. The number of para-hydroxylation sites is 2. The molecule has 0 spiro atoms. The molecule has 10 aromatic rings. The number of rotatable bonds is 11. The van der Waals surface area contributed by atoms with Crippen molar-refractivity contribution in [3.05, 3.63) is 169 Å². The molecule has 0 aliphatic heterocycles. The molecule has 77 heavy (non-hydrogen) atoms. The molecule has 3 aromatic heterocycles. The normalized spacial score (nSPS) is 25.6. The summed E-state index contributed by atoms with van der Waals surface area (Å²) in [6.07, 6.45) is 17.0. The summed E-state index contributed by atoms with van der Waals surface area (Å²) in [6, 6.07) is 58.8. The van der Waals surface area contributed by atoms with E-state index in [1.165, 1.54) is 104 Å². The van der Waals surface area contributed by atoms with Gasteiger partial charge in [-0.3, -0.25) is 0 Å². The van der Waals surface area contributed by atoms with E-state index in [0.29, 0.717) is 34.2 Å². The zero-order valence-corrected chi connectivity index (χ0v) is 45.9. The van der Waals surface area contributed by atoms with E-state index in [-0.39, 0.29) is 0 Å². The van der Waals surface area contributed by atoms with Crippen LogP contribution in [0, 0.1) is 52.3 Å². The van der Waals surface area contributed by atoms with Gasteiger partial charge in [0.25, 0.3) is 0 Å². The predicted molar refractivity (Wildman–Crippen MR) is 319 cm³/mol. The first-order valence-corrected chi connectivity index (χ1v) is 29.6. The van der Waals surface area contributed by atoms with Crippen LogP contribution in [0.2, 0.25) is 0 Å². The molecule has 3 heterocycles. The molecule has 0 radical (unpaired) electrons. The van der Waals surface area contributed by atoms with E-state index in [4.69, 9.17) is 19.4 Å². The highest BCUT2D eigenvalue weighted by atomic mass is 16.3. The molecular formula is C72H74N4O. The van der Waals surface area contributed by atoms with Crippen molar-refractivity contribution in [3.63, 3.8) is 0 Å². The van der Waals surface area contributed by atoms with Crippen molar-refractivity contribution in [1.82, 2.24) is 19.5 Å². The summed E-state index contributed by atoms with van der Waals surface area (Å²) < 4.78 is 8.99. The van der Waals surface area contributed by atoms with Crippen molar-refractivity contribution in [3.8, 4) is 51.0 Å². The van der Waals surface area contributed by atoms with Crippen LogP contribution in [-0.4, -0.2) is 19.5 Å². The lowest BCUT2D eigenvalue weighted by molar-refractivity contribution is -0.117. The van der Waals surface area contributed by atoms with Crippen LogP contribution in [0.5, 0.6) is 0 Å². The number of nitrogens with zero attached hydrogens (tertiary/aromatic N) is 4. The minimum atomic E-state index is 0.473. The zero-order valence-electron chi connectivity index (χ0n) is 45.9. The average molecular weight is 1010 g/mol. The summed E-state index contributed by atoms with van der Waals surface area (Å²) >= 11 is 0. The van der Waals surface area contributed by atoms with Gasteiger partial charge in [-0.1, -0.05) is 169 Å². The lowest BCUT2D eigenvalue weighted by Crippen LogP contribution is -2.53. The Morgan fingerprint density at radius 3 is 1.99 bits per heavy atom. The third-order valence-corrected chi connectivity index (χ3v) is 20.9. The molecule has 0 N–H and O–H groups in total. The number of hydrogen-bond donors (Lipinski definition) is 0. The third kappa shape index (κ3) is 8.27. The maximum Gasteiger partial charge on any atom is 0.164 e. The van der Waals surface area contributed by atoms with Crippen molar-refractivity contribution in [1.29, 1.82) is 0 Å². The Morgan fingerprint density at radius 1 is 0.532 bits per heavy atom. The van der Waals surface area contributed by atoms with E-state index in [2.05, 4.69) is 197 Å². The Labute approximate surface area is 455 Å². The smallest absolute Gasteiger partial charge is 0.164 e. The third-order valence-electron chi connectivity index (χ3n) is 20.9. The van der Waals surface area contributed by atoms with Crippen molar-refractivity contribution in [2.45, 2.75) is 118 Å². The summed E-state index contributed by atoms with van der Waals surface area (Å²) in [5.74, 6) is 8.79. The molecule has 5 nitrogen and oxygen atoms in total. The minimum Gasteiger partial charge on any atom is -0.456 e. The maximum absolute atomic E-state index is 6.63. The molecule has 1 unspecified atom stereocenters. The van der Waals surface area contributed by atoms with Crippen LogP contribution in [0.3, 0.4) is 0 Å². The van der Waals surface area contributed by atoms with E-state index in [1.54, 1.807) is 0 Å². The van der Waals surface area contributed by atoms with E-state index in [9.17, 15) is 0 Å². The van der Waals surface area contributed by atoms with Crippen molar-refractivity contribution < 1.29 is 4.42 Å². The monoisotopic (exact) mass is 1010 g/mol. The van der Waals surface area contributed by atoms with Gasteiger partial charge >= 0.3 is 0 Å². The van der Waals surface area contributed by atoms with Crippen LogP contribution >= 0.6 is 0 Å². The van der Waals surface area contributed by atoms with Gasteiger partial charge < -0.3 is 8.98 Å². The van der Waals surface area contributed by atoms with Gasteiger partial charge in [0.15, 0.2) is 17.5 Å². The second-order valence-electron chi connectivity index (χ2n) is 25.4. The molecule has 9 atom stereocenters. The van der Waals surface area contributed by atoms with E-state index >= 15 is 0 Å². The molecule has 0 bridgehead atoms. The van der Waals surface area contributed by atoms with Crippen LogP contribution in [0.15, 0.2) is 168 Å². The standard InChI is InChI=1S/C72H74N4O/c1-45(2)16-14-17-46(3)60-34-35-61-56-33-32-53-42-52(38-40-71(53,4)62(56)39-41-72(60,61)5)47-26-28-49(29-27-47)69-73-68(48-18-8-6-9-19-48)74-70(75-69)57-23-15-25-66-67(57)59-44-51(31-37-65(59)77-66)50-30-36-64-58(43-50)55-22-12-13-24-63(55)76(64)54-20-10-7-11-21-54/h6-13,15,18-31,36-37,43-46,52-53,56,60-62H,14,16-17,32-35,38-42H2,1-5H3/t46-,52?,53+,56+,60-,61+,62+,71+,72-/m1/s1. The molecule has 14 rings (SSSR count). The van der Waals surface area contributed by atoms with Gasteiger partial charge in [-0.25, -0.2) is 15.0 Å². The molecule has 4 saturated carbocycles. The molecular weight excluding hydrogens is 937 g/mol. The molecule has 4 aliphatic rings. The van der Waals surface area contributed by atoms with Crippen LogP contribution in [-0.2, 0) is 0 Å². The molecule has 4 aliphatic carbocycles. The van der Waals surface area contributed by atoms with Crippen molar-refractivity contribution >= 4 is 43.7 Å². The topological polar surface area (TPSA) is 56.7 Å². The van der Waals surface area contributed by atoms with Gasteiger partial charge in [-0.15, -0.1) is 0 Å². The Balaban J connectivity index is 0.751. The second kappa shape index (κ2) is 19.3. The fourth-order valence-electron chi connectivity index (χ4n) is 17.0. The van der Waals surface area contributed by atoms with Crippen LogP contribution in [0.25, 0.3) is 94.7 Å². The van der Waals surface area contributed by atoms with Gasteiger partial charge in [0.2, 0.25) is 0 Å². The van der Waals surface area contributed by atoms with Crippen LogP contribution in [0.1, 0.15) is 123 Å². The molecule has 4 fully saturated rings. The van der Waals surface area contributed by atoms with E-state index in [0.717, 1.165) is 96.9 Å². The first kappa shape index (κ1) is 48.5. The van der Waals surface area contributed by atoms with Crippen LogP contribution in [0.4, 0.5) is 0 Å². The molecule has 7 aromatic carbocycles. The first-order valence-electron chi connectivity index (χ1n) is 29.6. The first-order chi connectivity index (χ1) is 37.6. The van der Waals surface area contributed by atoms with Gasteiger partial charge in [0.1, 0.15) is 11.2 Å². The number of fused-ring (bicyclic) bond motifs is 11. The quantitative estimate of drug-likeness (QED) is 0.130. The largest absolute Gasteiger partial charge is 0.456 e. The minimum absolute atomic E-state index is 0.473. The highest BCUT2D eigenvalue weighted by Crippen LogP contribution is 2.69. The van der Waals surface area contributed by atoms with Crippen molar-refractivity contribution in [2.75, 3.05) is 0 Å². The Kier molecular flexibility index (Phi) is 12.1. The second-order valence-corrected chi connectivity index (χ2v) is 25.4. The predicted octanol–water partition coefficient (Wildman–Crippen LogP) is 19.7. The summed E-state index contributed by atoms with van der Waals surface area (Å²) in [7, 11) is 0. The van der Waals surface area contributed by atoms with E-state index in [1.807, 2.05) is 6.07 Å². The summed E-state index contributed by atoms with van der Waals surface area (Å²) in [4.78, 5) is 15.8. The SMILES string of the molecule is CC(C)CCC[C@@H](C)[C@H]1CC[C@H]2[C@@H]3CC[C@H]4CC(c5ccc(-c6nc(-c7ccccc7)nc(-c7cccc8oc9ccc(-c%10ccc%11c(c%10)c%10ccccc%10n%11-c%10ccccc%10)cc9c78)n6)cc5)CC[C@]4(C)[C@H]3CC[C@]12C. The van der Waals surface area contributed by atoms with Gasteiger partial charge in [-0.05, 0) is 181 Å². The van der Waals surface area contributed by atoms with Gasteiger partial charge in [-0.2, -0.15) is 0 Å². The number of aromatic nitrogens is 4. The number of hydrogen-bond acceptors (Lipinski definition) is 4. The summed E-state index contributed by atoms with van der Waals surface area (Å²) in [5, 5.41) is 4.51.